The lowest BCUT2D eigenvalue weighted by Gasteiger charge is -2.22. The van der Waals surface area contributed by atoms with Crippen LogP contribution in [0.2, 0.25) is 0 Å². The monoisotopic (exact) mass is 161 g/mol. The van der Waals surface area contributed by atoms with Crippen LogP contribution in [0.4, 0.5) is 0 Å². The van der Waals surface area contributed by atoms with E-state index >= 15 is 0 Å². The van der Waals surface area contributed by atoms with Crippen molar-refractivity contribution in [2.45, 2.75) is 32.2 Å². The van der Waals surface area contributed by atoms with Gasteiger partial charge < -0.3 is 4.90 Å². The number of nitrogens with zero attached hydrogens (tertiary/aromatic N) is 1. The molecule has 0 saturated heterocycles. The van der Waals surface area contributed by atoms with E-state index in [0.717, 1.165) is 11.8 Å². The van der Waals surface area contributed by atoms with Gasteiger partial charge in [0.15, 0.2) is 0 Å². The van der Waals surface area contributed by atoms with Gasteiger partial charge in [0.05, 0.1) is 0 Å². The highest BCUT2D eigenvalue weighted by Gasteiger charge is 2.06. The molecule has 62 valence electrons. The highest BCUT2D eigenvalue weighted by atomic mass is 32.1. The molecule has 1 atom stereocenters. The highest BCUT2D eigenvalue weighted by molar-refractivity contribution is 7.80. The fraction of sp³-hybridized carbons (Fsp3) is 1.00. The zero-order chi connectivity index (χ0) is 7.98. The molecule has 0 spiro atoms. The molecule has 0 N–H and O–H groups in total. The van der Waals surface area contributed by atoms with Crippen molar-refractivity contribution in [2.24, 2.45) is 0 Å². The van der Waals surface area contributed by atoms with Gasteiger partial charge in [0.2, 0.25) is 0 Å². The SMILES string of the molecule is CCC(CCCS)N(C)C. The summed E-state index contributed by atoms with van der Waals surface area (Å²) in [4.78, 5) is 2.30. The zero-order valence-electron chi connectivity index (χ0n) is 7.30. The second kappa shape index (κ2) is 6.05. The van der Waals surface area contributed by atoms with Gasteiger partial charge in [0.25, 0.3) is 0 Å². The molecule has 0 aliphatic carbocycles. The van der Waals surface area contributed by atoms with E-state index in [0.29, 0.717) is 0 Å². The van der Waals surface area contributed by atoms with Crippen molar-refractivity contribution in [3.05, 3.63) is 0 Å². The molecule has 0 radical (unpaired) electrons. The molecule has 0 aliphatic rings. The van der Waals surface area contributed by atoms with Gasteiger partial charge in [-0.1, -0.05) is 6.92 Å². The lowest BCUT2D eigenvalue weighted by Crippen LogP contribution is -2.26. The van der Waals surface area contributed by atoms with Gasteiger partial charge in [0, 0.05) is 6.04 Å². The Morgan fingerprint density at radius 1 is 1.40 bits per heavy atom. The number of thiol groups is 1. The Morgan fingerprint density at radius 3 is 2.30 bits per heavy atom. The summed E-state index contributed by atoms with van der Waals surface area (Å²) >= 11 is 4.18. The second-order valence-corrected chi connectivity index (χ2v) is 3.34. The Morgan fingerprint density at radius 2 is 2.00 bits per heavy atom. The molecule has 0 aromatic heterocycles. The zero-order valence-corrected chi connectivity index (χ0v) is 8.19. The molecule has 2 heteroatoms. The topological polar surface area (TPSA) is 3.24 Å². The molecule has 0 aromatic carbocycles. The molecular weight excluding hydrogens is 142 g/mol. The molecule has 0 rings (SSSR count). The fourth-order valence-corrected chi connectivity index (χ4v) is 1.34. The molecule has 0 heterocycles. The Kier molecular flexibility index (Phi) is 6.24. The van der Waals surface area contributed by atoms with Gasteiger partial charge in [-0.05, 0) is 39.1 Å². The molecule has 0 fully saturated rings. The standard InChI is InChI=1S/C8H19NS/c1-4-8(9(2)3)6-5-7-10/h8,10H,4-7H2,1-3H3. The van der Waals surface area contributed by atoms with Gasteiger partial charge in [-0.15, -0.1) is 0 Å². The summed E-state index contributed by atoms with van der Waals surface area (Å²) in [5, 5.41) is 0. The van der Waals surface area contributed by atoms with Gasteiger partial charge in [-0.2, -0.15) is 12.6 Å². The van der Waals surface area contributed by atoms with Crippen LogP contribution < -0.4 is 0 Å². The lowest BCUT2D eigenvalue weighted by molar-refractivity contribution is 0.270. The van der Waals surface area contributed by atoms with Crippen LogP contribution >= 0.6 is 12.6 Å². The predicted molar refractivity (Wildman–Crippen MR) is 50.9 cm³/mol. The minimum atomic E-state index is 0.757. The largest absolute Gasteiger partial charge is 0.306 e. The normalized spacial score (nSPS) is 14.1. The molecule has 0 aromatic rings. The summed E-state index contributed by atoms with van der Waals surface area (Å²) in [7, 11) is 4.29. The van der Waals surface area contributed by atoms with Crippen LogP contribution in [-0.4, -0.2) is 30.8 Å². The molecule has 0 aliphatic heterocycles. The van der Waals surface area contributed by atoms with E-state index in [2.05, 4.69) is 38.5 Å². The first-order chi connectivity index (χ1) is 4.72. The maximum atomic E-state index is 4.18. The number of hydrogen-bond acceptors (Lipinski definition) is 2. The average molecular weight is 161 g/mol. The maximum absolute atomic E-state index is 4.18. The molecular formula is C8H19NS. The van der Waals surface area contributed by atoms with Crippen LogP contribution in [-0.2, 0) is 0 Å². The maximum Gasteiger partial charge on any atom is 0.00868 e. The Hall–Kier alpha value is 0.310. The highest BCUT2D eigenvalue weighted by Crippen LogP contribution is 2.07. The summed E-state index contributed by atoms with van der Waals surface area (Å²) in [6.45, 7) is 2.24. The van der Waals surface area contributed by atoms with Crippen LogP contribution in [0, 0.1) is 0 Å². The summed E-state index contributed by atoms with van der Waals surface area (Å²) in [6, 6.07) is 0.757. The van der Waals surface area contributed by atoms with E-state index in [4.69, 9.17) is 0 Å². The van der Waals surface area contributed by atoms with Crippen LogP contribution in [0.1, 0.15) is 26.2 Å². The van der Waals surface area contributed by atoms with Crippen molar-refractivity contribution in [1.82, 2.24) is 4.90 Å². The van der Waals surface area contributed by atoms with E-state index in [1.165, 1.54) is 19.3 Å². The van der Waals surface area contributed by atoms with Gasteiger partial charge in [-0.25, -0.2) is 0 Å². The summed E-state index contributed by atoms with van der Waals surface area (Å²) in [5.74, 6) is 1.02. The summed E-state index contributed by atoms with van der Waals surface area (Å²) < 4.78 is 0. The third-order valence-electron chi connectivity index (χ3n) is 1.90. The van der Waals surface area contributed by atoms with Crippen molar-refractivity contribution in [3.8, 4) is 0 Å². The third-order valence-corrected chi connectivity index (χ3v) is 2.21. The van der Waals surface area contributed by atoms with Crippen molar-refractivity contribution < 1.29 is 0 Å². The minimum absolute atomic E-state index is 0.757. The molecule has 0 amide bonds. The van der Waals surface area contributed by atoms with Crippen LogP contribution in [0.25, 0.3) is 0 Å². The molecule has 0 bridgehead atoms. The third kappa shape index (κ3) is 4.18. The Labute approximate surface area is 70.2 Å². The van der Waals surface area contributed by atoms with Crippen LogP contribution in [0.15, 0.2) is 0 Å². The number of hydrogen-bond donors (Lipinski definition) is 1. The van der Waals surface area contributed by atoms with E-state index in [9.17, 15) is 0 Å². The predicted octanol–water partition coefficient (Wildman–Crippen LogP) is 2.04. The van der Waals surface area contributed by atoms with Gasteiger partial charge in [0.1, 0.15) is 0 Å². The number of rotatable bonds is 5. The fourth-order valence-electron chi connectivity index (χ4n) is 1.15. The van der Waals surface area contributed by atoms with E-state index in [1.54, 1.807) is 0 Å². The van der Waals surface area contributed by atoms with Crippen molar-refractivity contribution in [2.75, 3.05) is 19.8 Å². The molecule has 1 unspecified atom stereocenters. The quantitative estimate of drug-likeness (QED) is 0.604. The van der Waals surface area contributed by atoms with E-state index in [-0.39, 0.29) is 0 Å². The summed E-state index contributed by atoms with van der Waals surface area (Å²) in [6.07, 6.45) is 3.77. The molecule has 10 heavy (non-hydrogen) atoms. The molecule has 1 nitrogen and oxygen atoms in total. The van der Waals surface area contributed by atoms with Crippen molar-refractivity contribution >= 4 is 12.6 Å². The first kappa shape index (κ1) is 10.3. The van der Waals surface area contributed by atoms with E-state index in [1.807, 2.05) is 0 Å². The first-order valence-electron chi connectivity index (χ1n) is 3.99. The van der Waals surface area contributed by atoms with E-state index < -0.39 is 0 Å². The van der Waals surface area contributed by atoms with Crippen molar-refractivity contribution in [3.63, 3.8) is 0 Å². The lowest BCUT2D eigenvalue weighted by atomic mass is 10.1. The second-order valence-electron chi connectivity index (χ2n) is 2.89. The smallest absolute Gasteiger partial charge is 0.00868 e. The van der Waals surface area contributed by atoms with Gasteiger partial charge >= 0.3 is 0 Å². The first-order valence-corrected chi connectivity index (χ1v) is 4.62. The molecule has 0 saturated carbocycles. The van der Waals surface area contributed by atoms with Gasteiger partial charge in [-0.3, -0.25) is 0 Å². The van der Waals surface area contributed by atoms with Crippen LogP contribution in [0.5, 0.6) is 0 Å². The minimum Gasteiger partial charge on any atom is -0.306 e. The van der Waals surface area contributed by atoms with Crippen molar-refractivity contribution in [1.29, 1.82) is 0 Å². The Balaban J connectivity index is 3.40. The Bertz CT molecular complexity index is 73.7. The van der Waals surface area contributed by atoms with Crippen LogP contribution in [0.3, 0.4) is 0 Å². The summed E-state index contributed by atoms with van der Waals surface area (Å²) in [5.41, 5.74) is 0. The average Bonchev–Trinajstić information content (AvgIpc) is 1.89.